The van der Waals surface area contributed by atoms with Gasteiger partial charge >= 0.3 is 0 Å². The van der Waals surface area contributed by atoms with Crippen molar-refractivity contribution in [2.45, 2.75) is 44.6 Å². The maximum atomic E-state index is 12.9. The van der Waals surface area contributed by atoms with Crippen molar-refractivity contribution in [1.82, 2.24) is 9.80 Å². The fourth-order valence-electron chi connectivity index (χ4n) is 5.59. The summed E-state index contributed by atoms with van der Waals surface area (Å²) >= 11 is 0. The van der Waals surface area contributed by atoms with Crippen LogP contribution in [0, 0.1) is 0 Å². The monoisotopic (exact) mass is 497 g/mol. The molecule has 0 radical (unpaired) electrons. The van der Waals surface area contributed by atoms with Gasteiger partial charge in [0, 0.05) is 42.2 Å². The minimum Gasteiger partial charge on any atom is -0.493 e. The number of likely N-dealkylation sites (tertiary alicyclic amines) is 2. The number of carbonyl (C=O) groups is 1. The summed E-state index contributed by atoms with van der Waals surface area (Å²) in [5.41, 5.74) is 5.16. The van der Waals surface area contributed by atoms with Gasteiger partial charge in [-0.1, -0.05) is 12.1 Å². The van der Waals surface area contributed by atoms with Gasteiger partial charge in [-0.05, 0) is 76.0 Å². The predicted octanol–water partition coefficient (Wildman–Crippen LogP) is 4.78. The molecule has 35 heavy (non-hydrogen) atoms. The van der Waals surface area contributed by atoms with Gasteiger partial charge in [-0.2, -0.15) is 0 Å². The van der Waals surface area contributed by atoms with E-state index < -0.39 is 0 Å². The Morgan fingerprint density at radius 2 is 1.80 bits per heavy atom. The molecule has 3 aliphatic rings. The molecule has 3 aliphatic heterocycles. The third-order valence-corrected chi connectivity index (χ3v) is 7.41. The van der Waals surface area contributed by atoms with Crippen LogP contribution < -0.4 is 9.47 Å². The summed E-state index contributed by atoms with van der Waals surface area (Å²) in [4.78, 5) is 22.6. The minimum atomic E-state index is 0. The molecular weight excluding hydrogens is 462 g/mol. The highest BCUT2D eigenvalue weighted by Crippen LogP contribution is 2.42. The number of likely N-dealkylation sites (N-methyl/N-ethyl adjacent to an activating group) is 1. The Hall–Kier alpha value is -2.57. The summed E-state index contributed by atoms with van der Waals surface area (Å²) in [6, 6.07) is 12.5. The molecule has 0 spiro atoms. The number of hydrogen-bond donors (Lipinski definition) is 0. The fraction of sp³-hybridized carbons (Fsp3) is 0.500. The number of ether oxygens (including phenoxy) is 2. The van der Waals surface area contributed by atoms with Crippen LogP contribution in [0.1, 0.15) is 65.6 Å². The van der Waals surface area contributed by atoms with Crippen molar-refractivity contribution >= 4 is 24.0 Å². The molecule has 188 valence electrons. The molecule has 2 saturated heterocycles. The number of hydrogen-bond acceptors (Lipinski definition) is 5. The molecule has 0 bridgehead atoms. The molecule has 2 aromatic rings. The standard InChI is InChI=1S/C28H35N3O3.ClH/c1-4-34-26-16-21-22(17-25(26)33-3)27(29-24-12-15-30(2)18-23(21)24)19-8-10-20(11-9-19)28(32)31-13-6-5-7-14-31;/h8-11,16-17,23-24H,4-7,12-15,18H2,1-3H3;1H/t23-,24-;/m0./s1. The summed E-state index contributed by atoms with van der Waals surface area (Å²) in [5.74, 6) is 1.99. The van der Waals surface area contributed by atoms with E-state index in [0.717, 1.165) is 79.3 Å². The molecule has 0 unspecified atom stereocenters. The lowest BCUT2D eigenvalue weighted by molar-refractivity contribution is 0.0724. The van der Waals surface area contributed by atoms with Crippen LogP contribution in [0.25, 0.3) is 0 Å². The third-order valence-electron chi connectivity index (χ3n) is 7.41. The number of piperidine rings is 2. The quantitative estimate of drug-likeness (QED) is 0.596. The molecule has 1 amide bonds. The maximum absolute atomic E-state index is 12.9. The molecule has 2 atom stereocenters. The first-order valence-electron chi connectivity index (χ1n) is 12.6. The Morgan fingerprint density at radius 3 is 2.49 bits per heavy atom. The topological polar surface area (TPSA) is 54.4 Å². The summed E-state index contributed by atoms with van der Waals surface area (Å²) in [6.45, 7) is 6.34. The first-order valence-corrected chi connectivity index (χ1v) is 12.6. The number of benzene rings is 2. The zero-order chi connectivity index (χ0) is 23.7. The van der Waals surface area contributed by atoms with Gasteiger partial charge in [-0.3, -0.25) is 9.79 Å². The highest BCUT2D eigenvalue weighted by atomic mass is 35.5. The lowest BCUT2D eigenvalue weighted by atomic mass is 9.79. The SMILES string of the molecule is CCOc1cc2c(cc1OC)C(c1ccc(C(=O)N3CCCCC3)cc1)=N[C@H]1CCN(C)C[C@@H]21.Cl. The maximum Gasteiger partial charge on any atom is 0.253 e. The predicted molar refractivity (Wildman–Crippen MR) is 142 cm³/mol. The van der Waals surface area contributed by atoms with Gasteiger partial charge in [0.15, 0.2) is 11.5 Å². The van der Waals surface area contributed by atoms with Gasteiger partial charge in [0.25, 0.3) is 5.91 Å². The van der Waals surface area contributed by atoms with E-state index in [0.29, 0.717) is 12.5 Å². The second kappa shape index (κ2) is 11.0. The highest BCUT2D eigenvalue weighted by molar-refractivity contribution is 6.15. The minimum absolute atomic E-state index is 0. The summed E-state index contributed by atoms with van der Waals surface area (Å²) in [7, 11) is 3.86. The van der Waals surface area contributed by atoms with Crippen molar-refractivity contribution < 1.29 is 14.3 Å². The van der Waals surface area contributed by atoms with E-state index in [1.807, 2.05) is 24.0 Å². The van der Waals surface area contributed by atoms with Crippen LogP contribution in [-0.4, -0.2) is 74.4 Å². The van der Waals surface area contributed by atoms with Crippen molar-refractivity contribution in [2.75, 3.05) is 46.9 Å². The highest BCUT2D eigenvalue weighted by Gasteiger charge is 2.36. The Bertz CT molecular complexity index is 1080. The van der Waals surface area contributed by atoms with Gasteiger partial charge in [-0.25, -0.2) is 0 Å². The molecule has 0 N–H and O–H groups in total. The van der Waals surface area contributed by atoms with E-state index in [9.17, 15) is 4.79 Å². The molecule has 5 rings (SSSR count). The second-order valence-corrected chi connectivity index (χ2v) is 9.66. The van der Waals surface area contributed by atoms with Gasteiger partial charge in [0.1, 0.15) is 0 Å². The van der Waals surface area contributed by atoms with E-state index in [-0.39, 0.29) is 24.4 Å². The molecule has 0 aromatic heterocycles. The van der Waals surface area contributed by atoms with E-state index in [4.69, 9.17) is 14.5 Å². The average molecular weight is 498 g/mol. The number of amides is 1. The number of fused-ring (bicyclic) bond motifs is 3. The Morgan fingerprint density at radius 1 is 1.06 bits per heavy atom. The molecule has 6 nitrogen and oxygen atoms in total. The van der Waals surface area contributed by atoms with Crippen LogP contribution in [0.3, 0.4) is 0 Å². The number of aliphatic imine (C=N–C) groups is 1. The van der Waals surface area contributed by atoms with Gasteiger partial charge < -0.3 is 19.3 Å². The molecular formula is C28H36ClN3O3. The summed E-state index contributed by atoms with van der Waals surface area (Å²) < 4.78 is 11.6. The van der Waals surface area contributed by atoms with Gasteiger partial charge in [-0.15, -0.1) is 12.4 Å². The average Bonchev–Trinajstić information content (AvgIpc) is 2.88. The van der Waals surface area contributed by atoms with Crippen LogP contribution in [0.5, 0.6) is 11.5 Å². The molecule has 3 heterocycles. The molecule has 0 saturated carbocycles. The first kappa shape index (κ1) is 25.5. The van der Waals surface area contributed by atoms with Crippen molar-refractivity contribution in [3.63, 3.8) is 0 Å². The first-order chi connectivity index (χ1) is 16.6. The van der Waals surface area contributed by atoms with E-state index in [1.165, 1.54) is 12.0 Å². The number of rotatable bonds is 5. The Labute approximate surface area is 214 Å². The molecule has 0 aliphatic carbocycles. The zero-order valence-electron chi connectivity index (χ0n) is 21.0. The molecule has 2 fully saturated rings. The third kappa shape index (κ3) is 5.05. The van der Waals surface area contributed by atoms with E-state index >= 15 is 0 Å². The van der Waals surface area contributed by atoms with Crippen molar-refractivity contribution in [2.24, 2.45) is 4.99 Å². The van der Waals surface area contributed by atoms with Crippen molar-refractivity contribution in [3.8, 4) is 11.5 Å². The second-order valence-electron chi connectivity index (χ2n) is 9.66. The van der Waals surface area contributed by atoms with Crippen LogP contribution in [0.4, 0.5) is 0 Å². The van der Waals surface area contributed by atoms with Crippen LogP contribution in [0.15, 0.2) is 41.4 Å². The van der Waals surface area contributed by atoms with Crippen LogP contribution in [-0.2, 0) is 0 Å². The number of nitrogens with zero attached hydrogens (tertiary/aromatic N) is 3. The number of methoxy groups -OCH3 is 1. The van der Waals surface area contributed by atoms with Crippen LogP contribution in [0.2, 0.25) is 0 Å². The lowest BCUT2D eigenvalue weighted by Gasteiger charge is -2.39. The fourth-order valence-corrected chi connectivity index (χ4v) is 5.59. The van der Waals surface area contributed by atoms with E-state index in [2.05, 4.69) is 36.2 Å². The Kier molecular flexibility index (Phi) is 8.02. The van der Waals surface area contributed by atoms with Gasteiger partial charge in [0.2, 0.25) is 0 Å². The van der Waals surface area contributed by atoms with Crippen LogP contribution >= 0.6 is 12.4 Å². The molecule has 2 aromatic carbocycles. The van der Waals surface area contributed by atoms with Crippen molar-refractivity contribution in [1.29, 1.82) is 0 Å². The zero-order valence-corrected chi connectivity index (χ0v) is 21.8. The summed E-state index contributed by atoms with van der Waals surface area (Å²) in [6.07, 6.45) is 4.45. The van der Waals surface area contributed by atoms with Crippen molar-refractivity contribution in [3.05, 3.63) is 58.7 Å². The normalized spacial score (nSPS) is 21.8. The van der Waals surface area contributed by atoms with Gasteiger partial charge in [0.05, 0.1) is 25.5 Å². The lowest BCUT2D eigenvalue weighted by Crippen LogP contribution is -2.41. The number of halogens is 1. The van der Waals surface area contributed by atoms with E-state index in [1.54, 1.807) is 7.11 Å². The smallest absolute Gasteiger partial charge is 0.253 e. The largest absolute Gasteiger partial charge is 0.493 e. The Balaban J connectivity index is 0.00000289. The number of carbonyl (C=O) groups excluding carboxylic acids is 1. The summed E-state index contributed by atoms with van der Waals surface area (Å²) in [5, 5.41) is 0. The molecule has 7 heteroatoms.